The van der Waals surface area contributed by atoms with Crippen molar-refractivity contribution >= 4 is 17.6 Å². The van der Waals surface area contributed by atoms with Gasteiger partial charge in [-0.2, -0.15) is 41.3 Å². The lowest BCUT2D eigenvalue weighted by molar-refractivity contribution is -0.154. The Labute approximate surface area is 206 Å². The van der Waals surface area contributed by atoms with Crippen LogP contribution >= 0.6 is 0 Å². The van der Waals surface area contributed by atoms with E-state index in [0.717, 1.165) is 28.8 Å². The molecule has 2 aromatic heterocycles. The maximum atomic E-state index is 13.0. The van der Waals surface area contributed by atoms with E-state index in [9.17, 15) is 26.3 Å². The molecule has 192 valence electrons. The molecule has 0 unspecified atom stereocenters. The molecule has 0 amide bonds. The van der Waals surface area contributed by atoms with Gasteiger partial charge in [-0.3, -0.25) is 4.98 Å². The van der Waals surface area contributed by atoms with Crippen LogP contribution in [0.2, 0.25) is 0 Å². The van der Waals surface area contributed by atoms with Gasteiger partial charge in [-0.1, -0.05) is 30.3 Å². The Morgan fingerprint density at radius 3 is 2.11 bits per heavy atom. The van der Waals surface area contributed by atoms with Gasteiger partial charge in [0.1, 0.15) is 0 Å². The molecule has 13 heteroatoms. The van der Waals surface area contributed by atoms with Gasteiger partial charge in [-0.25, -0.2) is 0 Å². The molecule has 0 aliphatic heterocycles. The van der Waals surface area contributed by atoms with Gasteiger partial charge in [-0.05, 0) is 47.0 Å². The molecule has 0 saturated carbocycles. The van der Waals surface area contributed by atoms with Crippen molar-refractivity contribution in [2.24, 2.45) is 0 Å². The number of ether oxygens (including phenoxy) is 1. The number of hydrogen-bond acceptors (Lipinski definition) is 7. The predicted octanol–water partition coefficient (Wildman–Crippen LogP) is 6.25. The SMILES string of the molecule is FC(F)(F)COc1nc(NCc2ccc(-c3ccncc3)cc2)nc(Nc2cccc(C(F)(F)F)c2)n1. The summed E-state index contributed by atoms with van der Waals surface area (Å²) in [5.41, 5.74) is 1.79. The van der Waals surface area contributed by atoms with Gasteiger partial charge < -0.3 is 15.4 Å². The molecule has 2 heterocycles. The summed E-state index contributed by atoms with van der Waals surface area (Å²) in [6.45, 7) is -1.46. The smallest absolute Gasteiger partial charge is 0.422 e. The number of aromatic nitrogens is 4. The number of pyridine rings is 1. The van der Waals surface area contributed by atoms with E-state index in [2.05, 4.69) is 35.3 Å². The van der Waals surface area contributed by atoms with Crippen LogP contribution in [0, 0.1) is 0 Å². The van der Waals surface area contributed by atoms with E-state index in [1.54, 1.807) is 12.4 Å². The predicted molar refractivity (Wildman–Crippen MR) is 123 cm³/mol. The molecule has 0 saturated heterocycles. The molecule has 4 aromatic rings. The second kappa shape index (κ2) is 10.7. The third kappa shape index (κ3) is 7.53. The Morgan fingerprint density at radius 2 is 1.43 bits per heavy atom. The summed E-state index contributed by atoms with van der Waals surface area (Å²) in [6, 6.07) is 14.7. The third-order valence-corrected chi connectivity index (χ3v) is 4.84. The zero-order valence-electron chi connectivity index (χ0n) is 18.8. The molecule has 0 aliphatic rings. The minimum Gasteiger partial charge on any atom is -0.454 e. The largest absolute Gasteiger partial charge is 0.454 e. The molecule has 0 spiro atoms. The average Bonchev–Trinajstić information content (AvgIpc) is 2.86. The molecule has 4 rings (SSSR count). The molecule has 0 radical (unpaired) electrons. The summed E-state index contributed by atoms with van der Waals surface area (Å²) in [5.74, 6) is -0.443. The Bertz CT molecular complexity index is 1330. The maximum Gasteiger partial charge on any atom is 0.422 e. The van der Waals surface area contributed by atoms with Gasteiger partial charge in [0.25, 0.3) is 0 Å². The van der Waals surface area contributed by atoms with E-state index in [1.807, 2.05) is 36.4 Å². The van der Waals surface area contributed by atoms with Crippen LogP contribution in [-0.4, -0.2) is 32.7 Å². The molecular formula is C24H18F6N6O. The Balaban J connectivity index is 1.52. The van der Waals surface area contributed by atoms with E-state index < -0.39 is 30.5 Å². The van der Waals surface area contributed by atoms with Gasteiger partial charge in [0, 0.05) is 24.6 Å². The number of hydrogen-bond donors (Lipinski definition) is 2. The third-order valence-electron chi connectivity index (χ3n) is 4.84. The van der Waals surface area contributed by atoms with E-state index >= 15 is 0 Å². The van der Waals surface area contributed by atoms with Gasteiger partial charge in [0.05, 0.1) is 5.56 Å². The molecule has 7 nitrogen and oxygen atoms in total. The molecule has 2 N–H and O–H groups in total. The first-order valence-corrected chi connectivity index (χ1v) is 10.7. The second-order valence-electron chi connectivity index (χ2n) is 7.66. The van der Waals surface area contributed by atoms with Crippen LogP contribution in [0.4, 0.5) is 43.9 Å². The van der Waals surface area contributed by atoms with Crippen LogP contribution in [-0.2, 0) is 12.7 Å². The van der Waals surface area contributed by atoms with E-state index in [4.69, 9.17) is 0 Å². The van der Waals surface area contributed by atoms with E-state index in [-0.39, 0.29) is 24.1 Å². The highest BCUT2D eigenvalue weighted by Crippen LogP contribution is 2.31. The number of anilines is 3. The van der Waals surface area contributed by atoms with Crippen LogP contribution in [0.15, 0.2) is 73.1 Å². The van der Waals surface area contributed by atoms with Gasteiger partial charge >= 0.3 is 18.4 Å². The Hall–Kier alpha value is -4.42. The van der Waals surface area contributed by atoms with Crippen molar-refractivity contribution < 1.29 is 31.1 Å². The van der Waals surface area contributed by atoms with Crippen molar-refractivity contribution in [1.82, 2.24) is 19.9 Å². The number of benzene rings is 2. The molecule has 0 atom stereocenters. The van der Waals surface area contributed by atoms with Gasteiger partial charge in [0.15, 0.2) is 6.61 Å². The first-order valence-electron chi connectivity index (χ1n) is 10.7. The van der Waals surface area contributed by atoms with Crippen LogP contribution in [0.25, 0.3) is 11.1 Å². The first-order chi connectivity index (χ1) is 17.5. The minimum atomic E-state index is -4.65. The highest BCUT2D eigenvalue weighted by Gasteiger charge is 2.31. The minimum absolute atomic E-state index is 0.0274. The lowest BCUT2D eigenvalue weighted by Crippen LogP contribution is -2.21. The maximum absolute atomic E-state index is 13.0. The number of alkyl halides is 6. The number of rotatable bonds is 8. The van der Waals surface area contributed by atoms with E-state index in [0.29, 0.717) is 0 Å². The fraction of sp³-hybridized carbons (Fsp3) is 0.167. The fourth-order valence-electron chi connectivity index (χ4n) is 3.15. The highest BCUT2D eigenvalue weighted by molar-refractivity contribution is 5.63. The topological polar surface area (TPSA) is 84.8 Å². The van der Waals surface area contributed by atoms with Crippen LogP contribution in [0.3, 0.4) is 0 Å². The highest BCUT2D eigenvalue weighted by atomic mass is 19.4. The lowest BCUT2D eigenvalue weighted by Gasteiger charge is -2.13. The average molecular weight is 520 g/mol. The molecular weight excluding hydrogens is 502 g/mol. The number of nitrogens with zero attached hydrogens (tertiary/aromatic N) is 4. The zero-order valence-corrected chi connectivity index (χ0v) is 18.8. The summed E-state index contributed by atoms with van der Waals surface area (Å²) in [4.78, 5) is 15.6. The zero-order chi connectivity index (χ0) is 26.5. The fourth-order valence-corrected chi connectivity index (χ4v) is 3.15. The first kappa shape index (κ1) is 25.7. The van der Waals surface area contributed by atoms with Crippen molar-refractivity contribution in [2.75, 3.05) is 17.2 Å². The van der Waals surface area contributed by atoms with Crippen LogP contribution < -0.4 is 15.4 Å². The van der Waals surface area contributed by atoms with Gasteiger partial charge in [-0.15, -0.1) is 0 Å². The monoisotopic (exact) mass is 520 g/mol. The summed E-state index contributed by atoms with van der Waals surface area (Å²) in [6.07, 6.45) is -5.88. The van der Waals surface area contributed by atoms with E-state index in [1.165, 1.54) is 12.1 Å². The van der Waals surface area contributed by atoms with Crippen LogP contribution in [0.1, 0.15) is 11.1 Å². The number of nitrogens with one attached hydrogen (secondary N) is 2. The van der Waals surface area contributed by atoms with Crippen molar-refractivity contribution in [1.29, 1.82) is 0 Å². The van der Waals surface area contributed by atoms with Crippen molar-refractivity contribution in [3.05, 3.63) is 84.2 Å². The quantitative estimate of drug-likeness (QED) is 0.266. The molecule has 0 bridgehead atoms. The number of halogens is 6. The normalized spacial score (nSPS) is 11.7. The second-order valence-corrected chi connectivity index (χ2v) is 7.66. The lowest BCUT2D eigenvalue weighted by atomic mass is 10.1. The molecule has 2 aromatic carbocycles. The Morgan fingerprint density at radius 1 is 0.757 bits per heavy atom. The standard InChI is InChI=1S/C24H18F6N6O/c25-23(26,27)14-37-22-35-20(32-13-15-4-6-16(7-5-15)17-8-10-31-11-9-17)34-21(36-22)33-19-3-1-2-18(12-19)24(28,29)30/h1-12H,13-14H2,(H2,32,33,34,35,36). The molecule has 0 aliphatic carbocycles. The summed E-state index contributed by atoms with van der Waals surface area (Å²) >= 11 is 0. The summed E-state index contributed by atoms with van der Waals surface area (Å²) < 4.78 is 81.6. The van der Waals surface area contributed by atoms with Crippen molar-refractivity contribution in [2.45, 2.75) is 18.9 Å². The van der Waals surface area contributed by atoms with Gasteiger partial charge in [0.2, 0.25) is 11.9 Å². The summed E-state index contributed by atoms with van der Waals surface area (Å²) in [5, 5.41) is 5.42. The molecule has 0 fully saturated rings. The van der Waals surface area contributed by atoms with Crippen LogP contribution in [0.5, 0.6) is 6.01 Å². The van der Waals surface area contributed by atoms with Crippen molar-refractivity contribution in [3.8, 4) is 17.1 Å². The molecule has 37 heavy (non-hydrogen) atoms. The summed E-state index contributed by atoms with van der Waals surface area (Å²) in [7, 11) is 0. The Kier molecular flexibility index (Phi) is 7.41. The van der Waals surface area contributed by atoms with Crippen molar-refractivity contribution in [3.63, 3.8) is 0 Å².